The van der Waals surface area contributed by atoms with Crippen LogP contribution >= 0.6 is 0 Å². The van der Waals surface area contributed by atoms with Crippen molar-refractivity contribution in [2.75, 3.05) is 21.3 Å². The molecule has 4 rings (SSSR count). The van der Waals surface area contributed by atoms with Crippen molar-refractivity contribution in [3.8, 4) is 28.3 Å². The smallest absolute Gasteiger partial charge is 0.275 e. The lowest BCUT2D eigenvalue weighted by molar-refractivity contribution is 0.0779. The summed E-state index contributed by atoms with van der Waals surface area (Å²) in [6, 6.07) is 15.7. The Labute approximate surface area is 164 Å². The van der Waals surface area contributed by atoms with Gasteiger partial charge in [-0.25, -0.2) is 4.68 Å². The number of ether oxygens (including phenoxy) is 2. The molecule has 6 heteroatoms. The van der Waals surface area contributed by atoms with E-state index in [1.54, 1.807) is 23.8 Å². The number of rotatable bonds is 6. The predicted molar refractivity (Wildman–Crippen MR) is 107 cm³/mol. The fraction of sp³-hybridized carbons (Fsp3) is 0.273. The summed E-state index contributed by atoms with van der Waals surface area (Å²) in [7, 11) is 5.05. The lowest BCUT2D eigenvalue weighted by Gasteiger charge is -2.16. The van der Waals surface area contributed by atoms with E-state index in [0.717, 1.165) is 29.7 Å². The van der Waals surface area contributed by atoms with Crippen LogP contribution in [0.3, 0.4) is 0 Å². The third-order valence-electron chi connectivity index (χ3n) is 5.05. The maximum Gasteiger partial charge on any atom is 0.275 e. The number of methoxy groups -OCH3 is 2. The van der Waals surface area contributed by atoms with E-state index < -0.39 is 0 Å². The van der Waals surface area contributed by atoms with Gasteiger partial charge in [0.15, 0.2) is 17.2 Å². The van der Waals surface area contributed by atoms with Crippen LogP contribution in [0.2, 0.25) is 0 Å². The molecule has 1 amide bonds. The summed E-state index contributed by atoms with van der Waals surface area (Å²) in [6.07, 6.45) is 3.99. The van der Waals surface area contributed by atoms with Crippen LogP contribution in [0, 0.1) is 0 Å². The van der Waals surface area contributed by atoms with Crippen molar-refractivity contribution in [3.63, 3.8) is 0 Å². The Morgan fingerprint density at radius 1 is 1.07 bits per heavy atom. The summed E-state index contributed by atoms with van der Waals surface area (Å²) in [6.45, 7) is 0. The summed E-state index contributed by atoms with van der Waals surface area (Å²) >= 11 is 0. The molecule has 1 aliphatic carbocycles. The average molecular weight is 377 g/mol. The summed E-state index contributed by atoms with van der Waals surface area (Å²) in [4.78, 5) is 14.9. The predicted octanol–water partition coefficient (Wildman–Crippen LogP) is 3.79. The number of amides is 1. The standard InChI is InChI=1S/C22H23N3O3/c1-24(16-10-11-16)22(26)21-18(14-25(23-21)17-7-5-4-6-8-17)15-9-12-19(27-2)20(13-15)28-3/h4-9,12-14,16H,10-11H2,1-3H3. The Morgan fingerprint density at radius 2 is 1.79 bits per heavy atom. The number of carbonyl (C=O) groups excluding carboxylic acids is 1. The van der Waals surface area contributed by atoms with Gasteiger partial charge in [0, 0.05) is 24.8 Å². The van der Waals surface area contributed by atoms with Gasteiger partial charge in [0.2, 0.25) is 0 Å². The van der Waals surface area contributed by atoms with Gasteiger partial charge in [0.1, 0.15) is 0 Å². The molecule has 1 aliphatic rings. The molecule has 2 aromatic carbocycles. The van der Waals surface area contributed by atoms with Crippen molar-refractivity contribution >= 4 is 5.91 Å². The molecule has 0 spiro atoms. The van der Waals surface area contributed by atoms with Gasteiger partial charge >= 0.3 is 0 Å². The topological polar surface area (TPSA) is 56.6 Å². The summed E-state index contributed by atoms with van der Waals surface area (Å²) < 4.78 is 12.5. The monoisotopic (exact) mass is 377 g/mol. The molecule has 0 unspecified atom stereocenters. The van der Waals surface area contributed by atoms with Gasteiger partial charge in [0.25, 0.3) is 5.91 Å². The van der Waals surface area contributed by atoms with Crippen LogP contribution in [-0.2, 0) is 0 Å². The lowest BCUT2D eigenvalue weighted by atomic mass is 10.0. The van der Waals surface area contributed by atoms with Crippen LogP contribution in [0.1, 0.15) is 23.3 Å². The van der Waals surface area contributed by atoms with Crippen molar-refractivity contribution in [3.05, 3.63) is 60.4 Å². The van der Waals surface area contributed by atoms with E-state index in [9.17, 15) is 4.79 Å². The molecular weight excluding hydrogens is 354 g/mol. The van der Waals surface area contributed by atoms with E-state index in [1.807, 2.05) is 61.8 Å². The molecule has 1 aromatic heterocycles. The Balaban J connectivity index is 1.82. The number of nitrogens with zero attached hydrogens (tertiary/aromatic N) is 3. The Kier molecular flexibility index (Phi) is 4.77. The first kappa shape index (κ1) is 18.1. The molecule has 28 heavy (non-hydrogen) atoms. The third kappa shape index (κ3) is 3.33. The number of benzene rings is 2. The second-order valence-corrected chi connectivity index (χ2v) is 6.89. The quantitative estimate of drug-likeness (QED) is 0.656. The second-order valence-electron chi connectivity index (χ2n) is 6.89. The third-order valence-corrected chi connectivity index (χ3v) is 5.05. The molecule has 144 valence electrons. The normalized spacial score (nSPS) is 13.2. The second kappa shape index (κ2) is 7.38. The van der Waals surface area contributed by atoms with E-state index in [0.29, 0.717) is 23.2 Å². The number of aromatic nitrogens is 2. The van der Waals surface area contributed by atoms with Gasteiger partial charge < -0.3 is 14.4 Å². The van der Waals surface area contributed by atoms with Crippen molar-refractivity contribution in [1.29, 1.82) is 0 Å². The van der Waals surface area contributed by atoms with Gasteiger partial charge in [0.05, 0.1) is 19.9 Å². The number of hydrogen-bond acceptors (Lipinski definition) is 4. The van der Waals surface area contributed by atoms with Gasteiger partial charge in [-0.1, -0.05) is 24.3 Å². The fourth-order valence-electron chi connectivity index (χ4n) is 3.25. The molecule has 6 nitrogen and oxygen atoms in total. The zero-order valence-corrected chi connectivity index (χ0v) is 16.3. The largest absolute Gasteiger partial charge is 0.493 e. The fourth-order valence-corrected chi connectivity index (χ4v) is 3.25. The summed E-state index contributed by atoms with van der Waals surface area (Å²) in [5.41, 5.74) is 2.96. The minimum absolute atomic E-state index is 0.0676. The average Bonchev–Trinajstić information content (AvgIpc) is 3.50. The zero-order valence-electron chi connectivity index (χ0n) is 16.3. The highest BCUT2D eigenvalue weighted by molar-refractivity contribution is 5.99. The van der Waals surface area contributed by atoms with E-state index in [2.05, 4.69) is 5.10 Å². The first-order chi connectivity index (χ1) is 13.6. The van der Waals surface area contributed by atoms with Crippen LogP contribution in [0.25, 0.3) is 16.8 Å². The van der Waals surface area contributed by atoms with E-state index in [-0.39, 0.29) is 5.91 Å². The van der Waals surface area contributed by atoms with Crippen LogP contribution in [-0.4, -0.2) is 47.9 Å². The maximum absolute atomic E-state index is 13.1. The van der Waals surface area contributed by atoms with Crippen LogP contribution < -0.4 is 9.47 Å². The highest BCUT2D eigenvalue weighted by Crippen LogP contribution is 2.35. The van der Waals surface area contributed by atoms with Gasteiger partial charge in [-0.2, -0.15) is 5.10 Å². The van der Waals surface area contributed by atoms with E-state index in [4.69, 9.17) is 9.47 Å². The van der Waals surface area contributed by atoms with E-state index in [1.165, 1.54) is 0 Å². The Hall–Kier alpha value is -3.28. The molecule has 0 radical (unpaired) electrons. The summed E-state index contributed by atoms with van der Waals surface area (Å²) in [5.74, 6) is 1.19. The van der Waals surface area contributed by atoms with Crippen LogP contribution in [0.5, 0.6) is 11.5 Å². The summed E-state index contributed by atoms with van der Waals surface area (Å²) in [5, 5.41) is 4.64. The number of carbonyl (C=O) groups is 1. The molecule has 0 N–H and O–H groups in total. The van der Waals surface area contributed by atoms with Gasteiger partial charge in [-0.3, -0.25) is 4.79 Å². The molecule has 3 aromatic rings. The molecule has 0 saturated heterocycles. The molecule has 1 heterocycles. The minimum Gasteiger partial charge on any atom is -0.493 e. The van der Waals surface area contributed by atoms with Crippen LogP contribution in [0.15, 0.2) is 54.7 Å². The minimum atomic E-state index is -0.0676. The number of para-hydroxylation sites is 1. The van der Waals surface area contributed by atoms with Gasteiger partial charge in [-0.15, -0.1) is 0 Å². The van der Waals surface area contributed by atoms with Crippen molar-refractivity contribution in [2.24, 2.45) is 0 Å². The van der Waals surface area contributed by atoms with Crippen molar-refractivity contribution in [1.82, 2.24) is 14.7 Å². The highest BCUT2D eigenvalue weighted by Gasteiger charge is 2.32. The molecule has 0 atom stereocenters. The first-order valence-corrected chi connectivity index (χ1v) is 9.27. The molecular formula is C22H23N3O3. The van der Waals surface area contributed by atoms with Crippen molar-refractivity contribution in [2.45, 2.75) is 18.9 Å². The van der Waals surface area contributed by atoms with Gasteiger partial charge in [-0.05, 0) is 42.7 Å². The molecule has 0 bridgehead atoms. The van der Waals surface area contributed by atoms with Crippen LogP contribution in [0.4, 0.5) is 0 Å². The number of hydrogen-bond donors (Lipinski definition) is 0. The highest BCUT2D eigenvalue weighted by atomic mass is 16.5. The molecule has 0 aliphatic heterocycles. The Morgan fingerprint density at radius 3 is 2.43 bits per heavy atom. The lowest BCUT2D eigenvalue weighted by Crippen LogP contribution is -2.29. The maximum atomic E-state index is 13.1. The Bertz CT molecular complexity index is 994. The SMILES string of the molecule is COc1ccc(-c2cn(-c3ccccc3)nc2C(=O)N(C)C2CC2)cc1OC. The van der Waals surface area contributed by atoms with Crippen molar-refractivity contribution < 1.29 is 14.3 Å². The van der Waals surface area contributed by atoms with E-state index >= 15 is 0 Å². The molecule has 1 fully saturated rings. The first-order valence-electron chi connectivity index (χ1n) is 9.27. The zero-order chi connectivity index (χ0) is 19.7. The molecule has 1 saturated carbocycles.